The zero-order valence-electron chi connectivity index (χ0n) is 14.2. The average Bonchev–Trinajstić information content (AvgIpc) is 3.01. The van der Waals surface area contributed by atoms with E-state index in [1.165, 1.54) is 16.8 Å². The van der Waals surface area contributed by atoms with E-state index in [1.54, 1.807) is 13.0 Å². The van der Waals surface area contributed by atoms with Gasteiger partial charge in [-0.15, -0.1) is 0 Å². The third-order valence-corrected chi connectivity index (χ3v) is 3.97. The number of hydrogen-bond acceptors (Lipinski definition) is 5. The maximum atomic E-state index is 11.8. The van der Waals surface area contributed by atoms with Gasteiger partial charge in [0.15, 0.2) is 5.82 Å². The van der Waals surface area contributed by atoms with Gasteiger partial charge in [-0.2, -0.15) is 0 Å². The van der Waals surface area contributed by atoms with Gasteiger partial charge >= 0.3 is 11.8 Å². The monoisotopic (exact) mass is 351 g/mol. The molecule has 0 radical (unpaired) electrons. The minimum Gasteiger partial charge on any atom is -0.458 e. The summed E-state index contributed by atoms with van der Waals surface area (Å²) in [6.07, 6.45) is 4.22. The Morgan fingerprint density at radius 3 is 2.81 bits per heavy atom. The van der Waals surface area contributed by atoms with Crippen molar-refractivity contribution in [3.8, 4) is 0 Å². The lowest BCUT2D eigenvalue weighted by Gasteiger charge is -2.03. The van der Waals surface area contributed by atoms with Crippen LogP contribution in [0.15, 0.2) is 54.7 Å². The fourth-order valence-electron chi connectivity index (χ4n) is 2.64. The van der Waals surface area contributed by atoms with Gasteiger partial charge in [0.2, 0.25) is 0 Å². The molecule has 0 atom stereocenters. The van der Waals surface area contributed by atoms with Gasteiger partial charge in [-0.3, -0.25) is 0 Å². The number of imidazole rings is 1. The topological polar surface area (TPSA) is 87.3 Å². The molecular weight excluding hydrogens is 334 g/mol. The van der Waals surface area contributed by atoms with Crippen molar-refractivity contribution >= 4 is 28.6 Å². The molecule has 0 aliphatic rings. The highest BCUT2D eigenvalue weighted by Gasteiger charge is 2.17. The lowest BCUT2D eigenvalue weighted by Crippen LogP contribution is -2.12. The number of hydrogen-bond donors (Lipinski definition) is 0. The minimum absolute atomic E-state index is 0.0267. The lowest BCUT2D eigenvalue weighted by molar-refractivity contribution is -0.392. The standard InChI is InChI=1S/C19H17N3O4/c1-14-20-13-18(22(24)25)21(14)10-11-26-19(23)9-7-15-6-8-16-4-2-3-5-17(16)12-15/h2-9,12-13H,10-11H2,1H3/b9-7+. The number of fused-ring (bicyclic) bond motifs is 1. The van der Waals surface area contributed by atoms with Crippen LogP contribution in [-0.4, -0.2) is 27.1 Å². The summed E-state index contributed by atoms with van der Waals surface area (Å²) in [6, 6.07) is 13.9. The highest BCUT2D eigenvalue weighted by atomic mass is 16.6. The van der Waals surface area contributed by atoms with Gasteiger partial charge < -0.3 is 14.9 Å². The first-order chi connectivity index (χ1) is 12.5. The molecule has 2 aromatic carbocycles. The predicted molar refractivity (Wildman–Crippen MR) is 97.6 cm³/mol. The summed E-state index contributed by atoms with van der Waals surface area (Å²) in [4.78, 5) is 26.1. The second-order valence-electron chi connectivity index (χ2n) is 5.68. The molecule has 0 aliphatic carbocycles. The van der Waals surface area contributed by atoms with E-state index in [0.717, 1.165) is 16.3 Å². The third kappa shape index (κ3) is 3.94. The van der Waals surface area contributed by atoms with Crippen LogP contribution in [0, 0.1) is 17.0 Å². The fourth-order valence-corrected chi connectivity index (χ4v) is 2.64. The van der Waals surface area contributed by atoms with E-state index in [1.807, 2.05) is 42.5 Å². The van der Waals surface area contributed by atoms with Crippen LogP contribution in [0.2, 0.25) is 0 Å². The number of ether oxygens (including phenoxy) is 1. The molecule has 0 saturated carbocycles. The van der Waals surface area contributed by atoms with Crippen molar-refractivity contribution in [1.29, 1.82) is 0 Å². The Morgan fingerprint density at radius 2 is 2.04 bits per heavy atom. The number of rotatable bonds is 6. The molecule has 1 heterocycles. The highest BCUT2D eigenvalue weighted by molar-refractivity contribution is 5.89. The Bertz CT molecular complexity index is 991. The maximum Gasteiger partial charge on any atom is 0.342 e. The van der Waals surface area contributed by atoms with Gasteiger partial charge in [0.05, 0.1) is 0 Å². The molecule has 0 saturated heterocycles. The predicted octanol–water partition coefficient (Wildman–Crippen LogP) is 3.51. The summed E-state index contributed by atoms with van der Waals surface area (Å²) in [6.45, 7) is 1.87. The van der Waals surface area contributed by atoms with Gasteiger partial charge in [0.1, 0.15) is 19.3 Å². The summed E-state index contributed by atoms with van der Waals surface area (Å²) in [5, 5.41) is 13.1. The van der Waals surface area contributed by atoms with Gasteiger partial charge in [-0.05, 0) is 33.4 Å². The van der Waals surface area contributed by atoms with Crippen LogP contribution >= 0.6 is 0 Å². The molecule has 3 rings (SSSR count). The summed E-state index contributed by atoms with van der Waals surface area (Å²) >= 11 is 0. The Hall–Kier alpha value is -3.48. The summed E-state index contributed by atoms with van der Waals surface area (Å²) in [5.41, 5.74) is 0.891. The molecule has 0 unspecified atom stereocenters. The van der Waals surface area contributed by atoms with Crippen molar-refractivity contribution in [3.05, 3.63) is 76.2 Å². The van der Waals surface area contributed by atoms with Crippen molar-refractivity contribution in [2.24, 2.45) is 0 Å². The fraction of sp³-hybridized carbons (Fsp3) is 0.158. The minimum atomic E-state index is -0.512. The zero-order valence-corrected chi connectivity index (χ0v) is 14.2. The smallest absolute Gasteiger partial charge is 0.342 e. The van der Waals surface area contributed by atoms with Gasteiger partial charge in [0.25, 0.3) is 0 Å². The van der Waals surface area contributed by atoms with Crippen LogP contribution in [0.5, 0.6) is 0 Å². The van der Waals surface area contributed by atoms with E-state index in [0.29, 0.717) is 5.82 Å². The molecule has 0 spiro atoms. The van der Waals surface area contributed by atoms with Crippen LogP contribution in [0.3, 0.4) is 0 Å². The van der Waals surface area contributed by atoms with E-state index in [4.69, 9.17) is 4.74 Å². The Morgan fingerprint density at radius 1 is 1.27 bits per heavy atom. The molecule has 7 nitrogen and oxygen atoms in total. The SMILES string of the molecule is Cc1ncc([N+](=O)[O-])n1CCOC(=O)/C=C/c1ccc2ccccc2c1. The van der Waals surface area contributed by atoms with E-state index in [-0.39, 0.29) is 19.0 Å². The number of aryl methyl sites for hydroxylation is 1. The zero-order chi connectivity index (χ0) is 18.5. The molecule has 1 aromatic heterocycles. The summed E-state index contributed by atoms with van der Waals surface area (Å²) in [7, 11) is 0. The van der Waals surface area contributed by atoms with E-state index >= 15 is 0 Å². The number of esters is 1. The van der Waals surface area contributed by atoms with Crippen molar-refractivity contribution in [2.75, 3.05) is 6.61 Å². The van der Waals surface area contributed by atoms with Crippen molar-refractivity contribution in [2.45, 2.75) is 13.5 Å². The number of carbonyl (C=O) groups is 1. The number of nitrogens with zero attached hydrogens (tertiary/aromatic N) is 3. The number of aromatic nitrogens is 2. The van der Waals surface area contributed by atoms with Gasteiger partial charge in [-0.1, -0.05) is 36.4 Å². The van der Waals surface area contributed by atoms with Crippen molar-refractivity contribution in [3.63, 3.8) is 0 Å². The molecule has 0 bridgehead atoms. The van der Waals surface area contributed by atoms with E-state index < -0.39 is 10.9 Å². The van der Waals surface area contributed by atoms with Gasteiger partial charge in [-0.25, -0.2) is 14.3 Å². The largest absolute Gasteiger partial charge is 0.458 e. The van der Waals surface area contributed by atoms with Crippen LogP contribution in [0.1, 0.15) is 11.4 Å². The van der Waals surface area contributed by atoms with Crippen LogP contribution in [-0.2, 0) is 16.1 Å². The number of carbonyl (C=O) groups excluding carboxylic acids is 1. The first-order valence-corrected chi connectivity index (χ1v) is 8.05. The normalized spacial score (nSPS) is 11.1. The van der Waals surface area contributed by atoms with Crippen molar-refractivity contribution in [1.82, 2.24) is 9.55 Å². The lowest BCUT2D eigenvalue weighted by atomic mass is 10.1. The molecule has 3 aromatic rings. The molecule has 132 valence electrons. The average molecular weight is 351 g/mol. The highest BCUT2D eigenvalue weighted by Crippen LogP contribution is 2.16. The molecule has 0 N–H and O–H groups in total. The van der Waals surface area contributed by atoms with Crippen molar-refractivity contribution < 1.29 is 14.5 Å². The molecule has 0 aliphatic heterocycles. The number of benzene rings is 2. The Kier molecular flexibility index (Phi) is 5.07. The second-order valence-corrected chi connectivity index (χ2v) is 5.68. The first-order valence-electron chi connectivity index (χ1n) is 8.05. The Labute approximate surface area is 149 Å². The van der Waals surface area contributed by atoms with Crippen LogP contribution in [0.25, 0.3) is 16.8 Å². The summed E-state index contributed by atoms with van der Waals surface area (Å²) < 4.78 is 6.52. The molecule has 26 heavy (non-hydrogen) atoms. The van der Waals surface area contributed by atoms with Crippen LogP contribution < -0.4 is 0 Å². The Balaban J connectivity index is 1.57. The molecule has 0 amide bonds. The second kappa shape index (κ2) is 7.60. The summed E-state index contributed by atoms with van der Waals surface area (Å²) in [5.74, 6) is -0.122. The van der Waals surface area contributed by atoms with E-state index in [2.05, 4.69) is 4.98 Å². The maximum absolute atomic E-state index is 11.8. The number of nitro groups is 1. The molecule has 0 fully saturated rings. The van der Waals surface area contributed by atoms with Crippen LogP contribution in [0.4, 0.5) is 5.82 Å². The third-order valence-electron chi connectivity index (χ3n) is 3.97. The molecule has 7 heteroatoms. The molecular formula is C19H17N3O4. The van der Waals surface area contributed by atoms with E-state index in [9.17, 15) is 14.9 Å². The first kappa shape index (κ1) is 17.3. The quantitative estimate of drug-likeness (QED) is 0.293. The van der Waals surface area contributed by atoms with Gasteiger partial charge in [0, 0.05) is 13.0 Å².